The minimum Gasteiger partial charge on any atom is -0.460 e. The third kappa shape index (κ3) is 5.40. The summed E-state index contributed by atoms with van der Waals surface area (Å²) >= 11 is 1.28. The molecular weight excluding hydrogens is 253 g/mol. The van der Waals surface area contributed by atoms with Crippen molar-refractivity contribution in [1.29, 1.82) is 0 Å². The summed E-state index contributed by atoms with van der Waals surface area (Å²) in [6.45, 7) is 5.45. The SMILES string of the molecule is CC(C)(C)OC(=O)CCSc1ccc(N)cc1F. The quantitative estimate of drug-likeness (QED) is 0.519. The molecule has 3 nitrogen and oxygen atoms in total. The molecule has 18 heavy (non-hydrogen) atoms. The van der Waals surface area contributed by atoms with E-state index in [-0.39, 0.29) is 18.2 Å². The van der Waals surface area contributed by atoms with Gasteiger partial charge in [-0.2, -0.15) is 0 Å². The van der Waals surface area contributed by atoms with Crippen LogP contribution in [0.25, 0.3) is 0 Å². The number of carbonyl (C=O) groups excluding carboxylic acids is 1. The van der Waals surface area contributed by atoms with Crippen LogP contribution in [0, 0.1) is 5.82 Å². The molecule has 0 aliphatic heterocycles. The molecule has 100 valence electrons. The van der Waals surface area contributed by atoms with Crippen LogP contribution in [0.15, 0.2) is 23.1 Å². The summed E-state index contributed by atoms with van der Waals surface area (Å²) in [6, 6.07) is 4.53. The summed E-state index contributed by atoms with van der Waals surface area (Å²) in [5, 5.41) is 0. The molecular formula is C13H18FNO2S. The van der Waals surface area contributed by atoms with Gasteiger partial charge in [0.15, 0.2) is 0 Å². The Morgan fingerprint density at radius 3 is 2.67 bits per heavy atom. The Morgan fingerprint density at radius 1 is 1.44 bits per heavy atom. The van der Waals surface area contributed by atoms with Crippen LogP contribution >= 0.6 is 11.8 Å². The van der Waals surface area contributed by atoms with Crippen molar-refractivity contribution >= 4 is 23.4 Å². The Balaban J connectivity index is 2.40. The average Bonchev–Trinajstić information content (AvgIpc) is 2.18. The van der Waals surface area contributed by atoms with E-state index < -0.39 is 5.60 Å². The van der Waals surface area contributed by atoms with Gasteiger partial charge in [-0.15, -0.1) is 11.8 Å². The van der Waals surface area contributed by atoms with E-state index >= 15 is 0 Å². The minimum absolute atomic E-state index is 0.256. The number of benzene rings is 1. The van der Waals surface area contributed by atoms with Gasteiger partial charge in [-0.3, -0.25) is 4.79 Å². The molecule has 0 spiro atoms. The predicted molar refractivity (Wildman–Crippen MR) is 72.0 cm³/mol. The molecule has 0 aliphatic carbocycles. The first kappa shape index (κ1) is 14.8. The van der Waals surface area contributed by atoms with E-state index in [0.717, 1.165) is 0 Å². The summed E-state index contributed by atoms with van der Waals surface area (Å²) in [5.74, 6) is -0.148. The highest BCUT2D eigenvalue weighted by atomic mass is 32.2. The van der Waals surface area contributed by atoms with Crippen LogP contribution in [0.5, 0.6) is 0 Å². The van der Waals surface area contributed by atoms with E-state index in [1.165, 1.54) is 17.8 Å². The van der Waals surface area contributed by atoms with Gasteiger partial charge >= 0.3 is 5.97 Å². The second kappa shape index (κ2) is 6.09. The summed E-state index contributed by atoms with van der Waals surface area (Å²) < 4.78 is 18.6. The molecule has 2 N–H and O–H groups in total. The van der Waals surface area contributed by atoms with Crippen LogP contribution < -0.4 is 5.73 Å². The average molecular weight is 271 g/mol. The highest BCUT2D eigenvalue weighted by Crippen LogP contribution is 2.24. The zero-order chi connectivity index (χ0) is 13.8. The number of nitrogens with two attached hydrogens (primary N) is 1. The Labute approximate surface area is 111 Å². The smallest absolute Gasteiger partial charge is 0.307 e. The van der Waals surface area contributed by atoms with Gasteiger partial charge in [-0.05, 0) is 39.0 Å². The number of hydrogen-bond acceptors (Lipinski definition) is 4. The maximum Gasteiger partial charge on any atom is 0.307 e. The zero-order valence-corrected chi connectivity index (χ0v) is 11.6. The van der Waals surface area contributed by atoms with Crippen LogP contribution in [0.3, 0.4) is 0 Å². The maximum atomic E-state index is 13.4. The third-order valence-corrected chi connectivity index (χ3v) is 2.99. The van der Waals surface area contributed by atoms with Crippen molar-refractivity contribution in [1.82, 2.24) is 0 Å². The van der Waals surface area contributed by atoms with Gasteiger partial charge in [0.25, 0.3) is 0 Å². The molecule has 0 atom stereocenters. The molecule has 0 bridgehead atoms. The van der Waals surface area contributed by atoms with Crippen molar-refractivity contribution in [2.24, 2.45) is 0 Å². The summed E-state index contributed by atoms with van der Waals surface area (Å²) in [6.07, 6.45) is 0.256. The van der Waals surface area contributed by atoms with Gasteiger partial charge in [0.2, 0.25) is 0 Å². The molecule has 5 heteroatoms. The monoisotopic (exact) mass is 271 g/mol. The molecule has 0 aliphatic rings. The molecule has 1 rings (SSSR count). The molecule has 0 fully saturated rings. The number of thioether (sulfide) groups is 1. The van der Waals surface area contributed by atoms with Gasteiger partial charge < -0.3 is 10.5 Å². The first-order valence-electron chi connectivity index (χ1n) is 5.67. The first-order valence-corrected chi connectivity index (χ1v) is 6.66. The Hall–Kier alpha value is -1.23. The largest absolute Gasteiger partial charge is 0.460 e. The number of anilines is 1. The number of halogens is 1. The van der Waals surface area contributed by atoms with E-state index in [1.54, 1.807) is 12.1 Å². The molecule has 0 radical (unpaired) electrons. The lowest BCUT2D eigenvalue weighted by Gasteiger charge is -2.19. The summed E-state index contributed by atoms with van der Waals surface area (Å²) in [4.78, 5) is 11.9. The van der Waals surface area contributed by atoms with E-state index in [0.29, 0.717) is 16.3 Å². The number of nitrogen functional groups attached to an aromatic ring is 1. The number of hydrogen-bond donors (Lipinski definition) is 1. The van der Waals surface area contributed by atoms with Gasteiger partial charge in [-0.1, -0.05) is 0 Å². The summed E-state index contributed by atoms with van der Waals surface area (Å²) in [5.41, 5.74) is 5.37. The normalized spacial score (nSPS) is 11.3. The lowest BCUT2D eigenvalue weighted by atomic mass is 10.2. The van der Waals surface area contributed by atoms with E-state index in [2.05, 4.69) is 0 Å². The highest BCUT2D eigenvalue weighted by molar-refractivity contribution is 7.99. The van der Waals surface area contributed by atoms with Gasteiger partial charge in [0, 0.05) is 16.3 Å². The van der Waals surface area contributed by atoms with Crippen molar-refractivity contribution in [3.63, 3.8) is 0 Å². The molecule has 0 amide bonds. The maximum absolute atomic E-state index is 13.4. The van der Waals surface area contributed by atoms with Crippen molar-refractivity contribution in [2.45, 2.75) is 37.7 Å². The van der Waals surface area contributed by atoms with Gasteiger partial charge in [-0.25, -0.2) is 4.39 Å². The molecule has 0 saturated heterocycles. The Morgan fingerprint density at radius 2 is 2.11 bits per heavy atom. The van der Waals surface area contributed by atoms with Crippen molar-refractivity contribution in [2.75, 3.05) is 11.5 Å². The molecule has 0 heterocycles. The zero-order valence-electron chi connectivity index (χ0n) is 10.8. The van der Waals surface area contributed by atoms with Gasteiger partial charge in [0.1, 0.15) is 11.4 Å². The number of carbonyl (C=O) groups is 1. The fourth-order valence-corrected chi connectivity index (χ4v) is 2.12. The van der Waals surface area contributed by atoms with Crippen LogP contribution in [0.4, 0.5) is 10.1 Å². The Bertz CT molecular complexity index is 429. The van der Waals surface area contributed by atoms with E-state index in [1.807, 2.05) is 20.8 Å². The molecule has 1 aromatic rings. The lowest BCUT2D eigenvalue weighted by Crippen LogP contribution is -2.24. The van der Waals surface area contributed by atoms with Crippen LogP contribution in [-0.2, 0) is 9.53 Å². The van der Waals surface area contributed by atoms with Crippen LogP contribution in [0.1, 0.15) is 27.2 Å². The molecule has 1 aromatic carbocycles. The minimum atomic E-state index is -0.478. The summed E-state index contributed by atoms with van der Waals surface area (Å²) in [7, 11) is 0. The van der Waals surface area contributed by atoms with Crippen molar-refractivity contribution in [3.8, 4) is 0 Å². The highest BCUT2D eigenvalue weighted by Gasteiger charge is 2.16. The van der Waals surface area contributed by atoms with Crippen LogP contribution in [0.2, 0.25) is 0 Å². The van der Waals surface area contributed by atoms with E-state index in [4.69, 9.17) is 10.5 Å². The van der Waals surface area contributed by atoms with Crippen LogP contribution in [-0.4, -0.2) is 17.3 Å². The van der Waals surface area contributed by atoms with Gasteiger partial charge in [0.05, 0.1) is 6.42 Å². The molecule has 0 aromatic heterocycles. The predicted octanol–water partition coefficient (Wildman–Crippen LogP) is 3.23. The second-order valence-corrected chi connectivity index (χ2v) is 6.01. The van der Waals surface area contributed by atoms with E-state index in [9.17, 15) is 9.18 Å². The molecule has 0 unspecified atom stereocenters. The van der Waals surface area contributed by atoms with Crippen molar-refractivity contribution < 1.29 is 13.9 Å². The third-order valence-electron chi connectivity index (χ3n) is 1.94. The van der Waals surface area contributed by atoms with Crippen molar-refractivity contribution in [3.05, 3.63) is 24.0 Å². The fraction of sp³-hybridized carbons (Fsp3) is 0.462. The molecule has 0 saturated carbocycles. The topological polar surface area (TPSA) is 52.3 Å². The fourth-order valence-electron chi connectivity index (χ4n) is 1.27. The number of ether oxygens (including phenoxy) is 1. The standard InChI is InChI=1S/C13H18FNO2S/c1-13(2,3)17-12(16)6-7-18-11-5-4-9(15)8-10(11)14/h4-5,8H,6-7,15H2,1-3H3. The number of rotatable bonds is 4. The number of esters is 1. The Kier molecular flexibility index (Phi) is 5.02. The lowest BCUT2D eigenvalue weighted by molar-refractivity contribution is -0.154. The first-order chi connectivity index (χ1) is 8.28. The second-order valence-electron chi connectivity index (χ2n) is 4.87.